The first-order valence-corrected chi connectivity index (χ1v) is 17.0. The molecule has 0 amide bonds. The minimum atomic E-state index is -0.199. The number of anilines is 1. The average Bonchev–Trinajstić information content (AvgIpc) is 3.33. The molecule has 0 saturated heterocycles. The van der Waals surface area contributed by atoms with Gasteiger partial charge < -0.3 is 10.5 Å². The largest absolute Gasteiger partial charge is 0.458 e. The van der Waals surface area contributed by atoms with Gasteiger partial charge in [-0.3, -0.25) is 0 Å². The number of nitrogens with two attached hydrogens (primary N) is 1. The van der Waals surface area contributed by atoms with Crippen LogP contribution in [0.4, 0.5) is 5.69 Å². The topological polar surface area (TPSA) is 52.3 Å². The Balaban J connectivity index is 1.07. The summed E-state index contributed by atoms with van der Waals surface area (Å²) in [5.41, 5.74) is 12.0. The van der Waals surface area contributed by atoms with Crippen LogP contribution in [0.25, 0.3) is 0 Å². The summed E-state index contributed by atoms with van der Waals surface area (Å²) in [4.78, 5) is 13.0. The zero-order valence-corrected chi connectivity index (χ0v) is 26.5. The van der Waals surface area contributed by atoms with E-state index in [2.05, 4.69) is 57.2 Å². The molecule has 0 aromatic heterocycles. The number of carbonyl (C=O) groups excluding carboxylic acids is 1. The third kappa shape index (κ3) is 5.46. The number of fused-ring (bicyclic) bond motifs is 5. The molecule has 0 heterocycles. The number of benzene rings is 2. The quantitative estimate of drug-likeness (QED) is 0.149. The highest BCUT2D eigenvalue weighted by Crippen LogP contribution is 2.67. The lowest BCUT2D eigenvalue weighted by Crippen LogP contribution is -2.51. The van der Waals surface area contributed by atoms with E-state index >= 15 is 0 Å². The van der Waals surface area contributed by atoms with E-state index in [1.54, 1.807) is 11.6 Å². The predicted octanol–water partition coefficient (Wildman–Crippen LogP) is 9.73. The molecule has 3 fully saturated rings. The fourth-order valence-electron chi connectivity index (χ4n) is 10.5. The Morgan fingerprint density at radius 1 is 1.00 bits per heavy atom. The van der Waals surface area contributed by atoms with Crippen molar-refractivity contribution in [3.8, 4) is 0 Å². The van der Waals surface area contributed by atoms with Gasteiger partial charge in [0.05, 0.1) is 5.56 Å². The maximum absolute atomic E-state index is 13.0. The minimum Gasteiger partial charge on any atom is -0.458 e. The molecule has 0 bridgehead atoms. The van der Waals surface area contributed by atoms with Crippen LogP contribution >= 0.6 is 0 Å². The molecule has 2 aromatic carbocycles. The van der Waals surface area contributed by atoms with Crippen LogP contribution in [0.5, 0.6) is 0 Å². The first-order valence-electron chi connectivity index (χ1n) is 17.0. The van der Waals surface area contributed by atoms with Gasteiger partial charge in [0.25, 0.3) is 0 Å². The molecule has 6 rings (SSSR count). The van der Waals surface area contributed by atoms with Crippen LogP contribution in [0.1, 0.15) is 113 Å². The first kappa shape index (κ1) is 29.5. The van der Waals surface area contributed by atoms with Gasteiger partial charge in [-0.05, 0) is 134 Å². The first-order chi connectivity index (χ1) is 20.2. The van der Waals surface area contributed by atoms with Crippen molar-refractivity contribution in [2.45, 2.75) is 111 Å². The lowest BCUT2D eigenvalue weighted by molar-refractivity contribution is -0.0594. The molecule has 226 valence electrons. The molecule has 8 atom stereocenters. The van der Waals surface area contributed by atoms with Crippen molar-refractivity contribution in [3.63, 3.8) is 0 Å². The number of carbonyl (C=O) groups is 1. The Labute approximate surface area is 254 Å². The van der Waals surface area contributed by atoms with Crippen LogP contribution < -0.4 is 5.73 Å². The maximum atomic E-state index is 13.0. The van der Waals surface area contributed by atoms with E-state index in [1.165, 1.54) is 63.4 Å². The minimum absolute atomic E-state index is 0.0159. The summed E-state index contributed by atoms with van der Waals surface area (Å²) in [6.07, 6.45) is 17.7. The third-order valence-corrected chi connectivity index (χ3v) is 12.8. The van der Waals surface area contributed by atoms with Crippen molar-refractivity contribution >= 4 is 11.7 Å². The molecule has 3 heteroatoms. The Kier molecular flexibility index (Phi) is 8.33. The Morgan fingerprint density at radius 3 is 2.60 bits per heavy atom. The number of hydrogen-bond acceptors (Lipinski definition) is 3. The molecular weight excluding hydrogens is 514 g/mol. The van der Waals surface area contributed by atoms with E-state index in [1.807, 2.05) is 19.1 Å². The van der Waals surface area contributed by atoms with Gasteiger partial charge in [0.2, 0.25) is 0 Å². The number of unbranched alkanes of at least 4 members (excludes halogenated alkanes) is 1. The molecule has 2 N–H and O–H groups in total. The van der Waals surface area contributed by atoms with E-state index in [0.717, 1.165) is 54.4 Å². The number of rotatable bonds is 8. The zero-order valence-electron chi connectivity index (χ0n) is 26.5. The summed E-state index contributed by atoms with van der Waals surface area (Å²) in [5.74, 6) is 3.98. The number of hydrogen-bond donors (Lipinski definition) is 1. The van der Waals surface area contributed by atoms with Crippen molar-refractivity contribution < 1.29 is 9.53 Å². The number of ether oxygens (including phenoxy) is 1. The van der Waals surface area contributed by atoms with E-state index in [-0.39, 0.29) is 17.5 Å². The number of nitrogen functional groups attached to an aromatic ring is 1. The molecule has 0 unspecified atom stereocenters. The van der Waals surface area contributed by atoms with Crippen LogP contribution in [-0.4, -0.2) is 12.1 Å². The highest BCUT2D eigenvalue weighted by molar-refractivity contribution is 5.91. The molecule has 2 aromatic rings. The molecular formula is C39H53NO2. The normalized spacial score (nSPS) is 34.5. The van der Waals surface area contributed by atoms with Crippen molar-refractivity contribution in [1.82, 2.24) is 0 Å². The summed E-state index contributed by atoms with van der Waals surface area (Å²) in [6.45, 7) is 9.75. The third-order valence-electron chi connectivity index (χ3n) is 12.8. The fourth-order valence-corrected chi connectivity index (χ4v) is 10.5. The van der Waals surface area contributed by atoms with E-state index < -0.39 is 0 Å². The number of esters is 1. The van der Waals surface area contributed by atoms with Crippen LogP contribution in [0.2, 0.25) is 0 Å². The lowest BCUT2D eigenvalue weighted by Gasteiger charge is -2.58. The maximum Gasteiger partial charge on any atom is 0.338 e. The highest BCUT2D eigenvalue weighted by Gasteiger charge is 2.59. The van der Waals surface area contributed by atoms with Crippen molar-refractivity contribution in [1.29, 1.82) is 0 Å². The molecule has 0 aliphatic heterocycles. The van der Waals surface area contributed by atoms with Gasteiger partial charge in [-0.15, -0.1) is 0 Å². The van der Waals surface area contributed by atoms with E-state index in [4.69, 9.17) is 10.5 Å². The smallest absolute Gasteiger partial charge is 0.338 e. The highest BCUT2D eigenvalue weighted by atomic mass is 16.5. The fraction of sp³-hybridized carbons (Fsp3) is 0.615. The Hall–Kier alpha value is -2.55. The molecule has 4 aliphatic rings. The molecule has 3 saturated carbocycles. The molecule has 42 heavy (non-hydrogen) atoms. The van der Waals surface area contributed by atoms with E-state index in [9.17, 15) is 4.79 Å². The molecule has 4 aliphatic carbocycles. The summed E-state index contributed by atoms with van der Waals surface area (Å²) in [7, 11) is 0. The number of allylic oxidation sites excluding steroid dienone is 1. The molecule has 0 radical (unpaired) electrons. The van der Waals surface area contributed by atoms with Gasteiger partial charge in [-0.25, -0.2) is 4.79 Å². The Bertz CT molecular complexity index is 1300. The van der Waals surface area contributed by atoms with Gasteiger partial charge in [0, 0.05) is 12.1 Å². The van der Waals surface area contributed by atoms with Gasteiger partial charge in [-0.2, -0.15) is 0 Å². The van der Waals surface area contributed by atoms with Crippen LogP contribution in [0.15, 0.2) is 60.2 Å². The SMILES string of the molecule is Cc1cc(N)ccc1C(=O)O[C@H]1CC[C@@]2(C)C(=CC[C@H]3[C@H]4CC[C@H]([C@H](C)CCCCc5ccccc5)[C@@]4(C)CC[C@H]32)C1. The van der Waals surface area contributed by atoms with E-state index in [0.29, 0.717) is 16.7 Å². The van der Waals surface area contributed by atoms with Crippen LogP contribution in [0.3, 0.4) is 0 Å². The van der Waals surface area contributed by atoms with Gasteiger partial charge in [-0.1, -0.05) is 75.6 Å². The van der Waals surface area contributed by atoms with Crippen molar-refractivity contribution in [2.24, 2.45) is 40.4 Å². The lowest BCUT2D eigenvalue weighted by atomic mass is 9.47. The van der Waals surface area contributed by atoms with Gasteiger partial charge in [0.1, 0.15) is 6.10 Å². The van der Waals surface area contributed by atoms with Crippen molar-refractivity contribution in [2.75, 3.05) is 5.73 Å². The van der Waals surface area contributed by atoms with Gasteiger partial charge in [0.15, 0.2) is 0 Å². The summed E-state index contributed by atoms with van der Waals surface area (Å²) in [5, 5.41) is 0. The van der Waals surface area contributed by atoms with Crippen molar-refractivity contribution in [3.05, 3.63) is 76.9 Å². The molecule has 3 nitrogen and oxygen atoms in total. The Morgan fingerprint density at radius 2 is 1.81 bits per heavy atom. The second-order valence-electron chi connectivity index (χ2n) is 15.0. The average molecular weight is 568 g/mol. The number of aryl methyl sites for hydroxylation is 2. The van der Waals surface area contributed by atoms with Crippen LogP contribution in [0, 0.1) is 47.3 Å². The summed E-state index contributed by atoms with van der Waals surface area (Å²) in [6, 6.07) is 16.5. The van der Waals surface area contributed by atoms with Crippen LogP contribution in [-0.2, 0) is 11.2 Å². The summed E-state index contributed by atoms with van der Waals surface area (Å²) < 4.78 is 6.10. The zero-order chi connectivity index (χ0) is 29.5. The second kappa shape index (κ2) is 11.9. The summed E-state index contributed by atoms with van der Waals surface area (Å²) >= 11 is 0. The monoisotopic (exact) mass is 567 g/mol. The second-order valence-corrected chi connectivity index (χ2v) is 15.0. The standard InChI is InChI=1S/C39H53NO2/c1-26(10-8-9-13-28-11-6-5-7-12-28)34-18-19-35-33-16-14-29-25-31(42-37(41)32-17-15-30(40)24-27(32)2)20-22-38(29,3)36(33)21-23-39(34,35)4/h5-7,11-12,14-15,17,24,26,31,33-36H,8-10,13,16,18-23,25,40H2,1-4H3/t26-,31+,33+,34-,35-,36-,38+,39-/m1/s1. The predicted molar refractivity (Wildman–Crippen MR) is 173 cm³/mol. The van der Waals surface area contributed by atoms with Gasteiger partial charge >= 0.3 is 5.97 Å². The molecule has 0 spiro atoms.